The van der Waals surface area contributed by atoms with Gasteiger partial charge in [-0.25, -0.2) is 4.79 Å². The van der Waals surface area contributed by atoms with Gasteiger partial charge in [0.05, 0.1) is 6.54 Å². The average molecular weight is 369 g/mol. The van der Waals surface area contributed by atoms with E-state index in [4.69, 9.17) is 9.47 Å². The molecule has 1 heterocycles. The van der Waals surface area contributed by atoms with Gasteiger partial charge in [0.15, 0.2) is 6.61 Å². The van der Waals surface area contributed by atoms with Gasteiger partial charge in [-0.15, -0.1) is 0 Å². The molecule has 3 amide bonds. The van der Waals surface area contributed by atoms with Gasteiger partial charge in [0.25, 0.3) is 5.91 Å². The second-order valence-corrected chi connectivity index (χ2v) is 6.15. The van der Waals surface area contributed by atoms with Crippen molar-refractivity contribution < 1.29 is 19.1 Å². The summed E-state index contributed by atoms with van der Waals surface area (Å²) in [7, 11) is 0. The first kappa shape index (κ1) is 18.6. The Labute approximate surface area is 158 Å². The maximum atomic E-state index is 12.1. The molecule has 0 saturated carbocycles. The molecule has 0 aromatic heterocycles. The van der Waals surface area contributed by atoms with E-state index in [1.807, 2.05) is 31.2 Å². The van der Waals surface area contributed by atoms with Gasteiger partial charge in [-0.3, -0.25) is 4.79 Å². The molecule has 0 fully saturated rings. The summed E-state index contributed by atoms with van der Waals surface area (Å²) < 4.78 is 11.2. The van der Waals surface area contributed by atoms with E-state index in [1.165, 1.54) is 0 Å². The lowest BCUT2D eigenvalue weighted by Crippen LogP contribution is -2.37. The molecule has 0 saturated heterocycles. The summed E-state index contributed by atoms with van der Waals surface area (Å²) in [6.07, 6.45) is 0.729. The number of nitrogens with one attached hydrogen (secondary N) is 3. The Morgan fingerprint density at radius 2 is 1.89 bits per heavy atom. The van der Waals surface area contributed by atoms with Gasteiger partial charge in [-0.2, -0.15) is 0 Å². The molecule has 2 aromatic rings. The number of carbonyl (C=O) groups is 2. The van der Waals surface area contributed by atoms with Crippen LogP contribution in [0.15, 0.2) is 48.5 Å². The Bertz CT molecular complexity index is 767. The summed E-state index contributed by atoms with van der Waals surface area (Å²) >= 11 is 0. The van der Waals surface area contributed by atoms with E-state index in [2.05, 4.69) is 16.0 Å². The van der Waals surface area contributed by atoms with E-state index >= 15 is 0 Å². The molecule has 0 aliphatic carbocycles. The molecule has 1 unspecified atom stereocenters. The zero-order valence-electron chi connectivity index (χ0n) is 15.2. The fourth-order valence-corrected chi connectivity index (χ4v) is 2.78. The van der Waals surface area contributed by atoms with E-state index in [0.717, 1.165) is 17.7 Å². The first-order valence-electron chi connectivity index (χ1n) is 8.93. The van der Waals surface area contributed by atoms with Crippen molar-refractivity contribution in [1.82, 2.24) is 10.6 Å². The van der Waals surface area contributed by atoms with Crippen LogP contribution < -0.4 is 25.4 Å². The van der Waals surface area contributed by atoms with Crippen molar-refractivity contribution >= 4 is 17.6 Å². The minimum Gasteiger partial charge on any atom is -0.488 e. The summed E-state index contributed by atoms with van der Waals surface area (Å²) in [5, 5.41) is 8.23. The van der Waals surface area contributed by atoms with Crippen molar-refractivity contribution in [2.24, 2.45) is 0 Å². The molecule has 0 bridgehead atoms. The van der Waals surface area contributed by atoms with Gasteiger partial charge in [0, 0.05) is 18.7 Å². The Morgan fingerprint density at radius 3 is 2.63 bits per heavy atom. The topological polar surface area (TPSA) is 88.7 Å². The van der Waals surface area contributed by atoms with E-state index < -0.39 is 0 Å². The van der Waals surface area contributed by atoms with Crippen LogP contribution in [0, 0.1) is 0 Å². The number of fused-ring (bicyclic) bond motifs is 1. The summed E-state index contributed by atoms with van der Waals surface area (Å²) in [6.45, 7) is 2.80. The smallest absolute Gasteiger partial charge is 0.319 e. The zero-order valence-corrected chi connectivity index (χ0v) is 15.2. The highest BCUT2D eigenvalue weighted by Gasteiger charge is 2.22. The first-order chi connectivity index (χ1) is 13.1. The minimum atomic E-state index is -0.300. The quantitative estimate of drug-likeness (QED) is 0.699. The summed E-state index contributed by atoms with van der Waals surface area (Å²) in [5.41, 5.74) is 1.79. The number of benzene rings is 2. The number of urea groups is 1. The van der Waals surface area contributed by atoms with Crippen molar-refractivity contribution in [3.63, 3.8) is 0 Å². The number of para-hydroxylation sites is 1. The molecule has 2 aromatic carbocycles. The van der Waals surface area contributed by atoms with Gasteiger partial charge in [-0.05, 0) is 42.8 Å². The molecule has 7 nitrogen and oxygen atoms in total. The van der Waals surface area contributed by atoms with Crippen LogP contribution in [0.5, 0.6) is 11.5 Å². The number of ether oxygens (including phenoxy) is 2. The predicted molar refractivity (Wildman–Crippen MR) is 102 cm³/mol. The lowest BCUT2D eigenvalue weighted by molar-refractivity contribution is -0.122. The Morgan fingerprint density at radius 1 is 1.11 bits per heavy atom. The van der Waals surface area contributed by atoms with Gasteiger partial charge in [0.2, 0.25) is 0 Å². The number of hydrogen-bond donors (Lipinski definition) is 3. The van der Waals surface area contributed by atoms with Crippen LogP contribution in [0.3, 0.4) is 0 Å². The largest absolute Gasteiger partial charge is 0.488 e. The van der Waals surface area contributed by atoms with Crippen molar-refractivity contribution in [3.05, 3.63) is 54.1 Å². The zero-order chi connectivity index (χ0) is 19.1. The Balaban J connectivity index is 1.40. The molecule has 3 N–H and O–H groups in total. The van der Waals surface area contributed by atoms with Crippen LogP contribution >= 0.6 is 0 Å². The second kappa shape index (κ2) is 8.93. The van der Waals surface area contributed by atoms with Crippen LogP contribution in [0.2, 0.25) is 0 Å². The molecular formula is C20H23N3O4. The highest BCUT2D eigenvalue weighted by atomic mass is 16.5. The minimum absolute atomic E-state index is 0.0368. The SMILES string of the molecule is CCNC(=O)COc1ccc(NC(=O)NCC2Cc3ccccc3O2)cc1. The van der Waals surface area contributed by atoms with Gasteiger partial charge < -0.3 is 25.4 Å². The van der Waals surface area contributed by atoms with Crippen LogP contribution in [0.25, 0.3) is 0 Å². The number of carbonyl (C=O) groups excluding carboxylic acids is 2. The van der Waals surface area contributed by atoms with Crippen molar-refractivity contribution in [1.29, 1.82) is 0 Å². The summed E-state index contributed by atoms with van der Waals surface area (Å²) in [6, 6.07) is 14.4. The standard InChI is InChI=1S/C20H23N3O4/c1-2-21-19(24)13-26-16-9-7-15(8-10-16)23-20(25)22-12-17-11-14-5-3-4-6-18(14)27-17/h3-10,17H,2,11-13H2,1H3,(H,21,24)(H2,22,23,25). The van der Waals surface area contributed by atoms with Gasteiger partial charge in [-0.1, -0.05) is 18.2 Å². The van der Waals surface area contributed by atoms with Crippen molar-refractivity contribution in [2.45, 2.75) is 19.4 Å². The molecule has 7 heteroatoms. The third-order valence-electron chi connectivity index (χ3n) is 4.06. The second-order valence-electron chi connectivity index (χ2n) is 6.15. The maximum Gasteiger partial charge on any atom is 0.319 e. The number of anilines is 1. The number of rotatable bonds is 7. The lowest BCUT2D eigenvalue weighted by atomic mass is 10.1. The lowest BCUT2D eigenvalue weighted by Gasteiger charge is -2.13. The molecule has 1 aliphatic rings. The number of amides is 3. The first-order valence-corrected chi connectivity index (χ1v) is 8.93. The van der Waals surface area contributed by atoms with Crippen molar-refractivity contribution in [3.8, 4) is 11.5 Å². The van der Waals surface area contributed by atoms with Gasteiger partial charge >= 0.3 is 6.03 Å². The molecule has 1 aliphatic heterocycles. The van der Waals surface area contributed by atoms with Crippen LogP contribution in [-0.4, -0.2) is 37.7 Å². The molecular weight excluding hydrogens is 346 g/mol. The molecule has 0 spiro atoms. The predicted octanol–water partition coefficient (Wildman–Crippen LogP) is 2.33. The van der Waals surface area contributed by atoms with E-state index in [9.17, 15) is 9.59 Å². The number of hydrogen-bond acceptors (Lipinski definition) is 4. The number of likely N-dealkylation sites (N-methyl/N-ethyl adjacent to an activating group) is 1. The fraction of sp³-hybridized carbons (Fsp3) is 0.300. The van der Waals surface area contributed by atoms with Gasteiger partial charge in [0.1, 0.15) is 17.6 Å². The van der Waals surface area contributed by atoms with E-state index in [1.54, 1.807) is 24.3 Å². The summed E-state index contributed by atoms with van der Waals surface area (Å²) in [5.74, 6) is 1.27. The Hall–Kier alpha value is -3.22. The van der Waals surface area contributed by atoms with Crippen molar-refractivity contribution in [2.75, 3.05) is 25.0 Å². The van der Waals surface area contributed by atoms with E-state index in [-0.39, 0.29) is 24.6 Å². The normalized spacial score (nSPS) is 14.6. The maximum absolute atomic E-state index is 12.1. The third kappa shape index (κ3) is 5.37. The molecule has 3 rings (SSSR count). The molecule has 0 radical (unpaired) electrons. The van der Waals surface area contributed by atoms with Crippen LogP contribution in [0.4, 0.5) is 10.5 Å². The van der Waals surface area contributed by atoms with E-state index in [0.29, 0.717) is 24.5 Å². The third-order valence-corrected chi connectivity index (χ3v) is 4.06. The van der Waals surface area contributed by atoms with Crippen LogP contribution in [-0.2, 0) is 11.2 Å². The fourth-order valence-electron chi connectivity index (χ4n) is 2.78. The summed E-state index contributed by atoms with van der Waals surface area (Å²) in [4.78, 5) is 23.4. The highest BCUT2D eigenvalue weighted by Crippen LogP contribution is 2.27. The molecule has 27 heavy (non-hydrogen) atoms. The molecule has 1 atom stereocenters. The average Bonchev–Trinajstić information content (AvgIpc) is 3.09. The monoisotopic (exact) mass is 369 g/mol. The van der Waals surface area contributed by atoms with Crippen LogP contribution in [0.1, 0.15) is 12.5 Å². The Kier molecular flexibility index (Phi) is 6.14. The molecule has 142 valence electrons. The highest BCUT2D eigenvalue weighted by molar-refractivity contribution is 5.89.